The van der Waals surface area contributed by atoms with Crippen LogP contribution in [-0.4, -0.2) is 31.1 Å². The van der Waals surface area contributed by atoms with Crippen LogP contribution in [0.4, 0.5) is 0 Å². The van der Waals surface area contributed by atoms with Crippen molar-refractivity contribution in [2.45, 2.75) is 44.9 Å². The van der Waals surface area contributed by atoms with E-state index in [4.69, 9.17) is 5.73 Å². The molecule has 0 amide bonds. The Bertz CT molecular complexity index is 434. The smallest absolute Gasteiger partial charge is 0.00510 e. The fourth-order valence-electron chi connectivity index (χ4n) is 4.25. The molecule has 1 aliphatic heterocycles. The molecule has 2 heteroatoms. The monoisotopic (exact) mass is 286 g/mol. The van der Waals surface area contributed by atoms with Gasteiger partial charge in [0.1, 0.15) is 0 Å². The van der Waals surface area contributed by atoms with E-state index in [-0.39, 0.29) is 0 Å². The third-order valence-electron chi connectivity index (χ3n) is 5.87. The third kappa shape index (κ3) is 3.49. The highest BCUT2D eigenvalue weighted by Gasteiger charge is 2.36. The van der Waals surface area contributed by atoms with Crippen LogP contribution >= 0.6 is 0 Å². The van der Waals surface area contributed by atoms with Crippen molar-refractivity contribution in [3.05, 3.63) is 35.9 Å². The number of hydrogen-bond acceptors (Lipinski definition) is 2. The van der Waals surface area contributed by atoms with Crippen LogP contribution in [0.3, 0.4) is 0 Å². The molecule has 1 heterocycles. The number of rotatable bonds is 4. The fraction of sp³-hybridized carbons (Fsp3) is 0.684. The molecule has 0 radical (unpaired) electrons. The molecule has 0 spiro atoms. The summed E-state index contributed by atoms with van der Waals surface area (Å²) in [4.78, 5) is 2.68. The van der Waals surface area contributed by atoms with Crippen molar-refractivity contribution in [3.8, 4) is 0 Å². The van der Waals surface area contributed by atoms with E-state index in [0.717, 1.165) is 18.4 Å². The predicted octanol–water partition coefficient (Wildman–Crippen LogP) is 3.63. The Morgan fingerprint density at radius 3 is 2.52 bits per heavy atom. The molecule has 1 aliphatic carbocycles. The maximum Gasteiger partial charge on any atom is 0.00510 e. The molecule has 2 N–H and O–H groups in total. The first-order chi connectivity index (χ1) is 10.2. The summed E-state index contributed by atoms with van der Waals surface area (Å²) in [5.74, 6) is 1.63. The largest absolute Gasteiger partial charge is 0.330 e. The van der Waals surface area contributed by atoms with Gasteiger partial charge in [-0.15, -0.1) is 0 Å². The van der Waals surface area contributed by atoms with Crippen LogP contribution in [0.25, 0.3) is 0 Å². The normalized spacial score (nSPS) is 34.2. The molecular formula is C19H30N2. The molecule has 2 fully saturated rings. The lowest BCUT2D eigenvalue weighted by Crippen LogP contribution is -2.44. The summed E-state index contributed by atoms with van der Waals surface area (Å²) < 4.78 is 0. The molecular weight excluding hydrogens is 256 g/mol. The minimum absolute atomic E-state index is 0.401. The van der Waals surface area contributed by atoms with Crippen molar-refractivity contribution < 1.29 is 0 Å². The van der Waals surface area contributed by atoms with Crippen LogP contribution in [0.5, 0.6) is 0 Å². The fourth-order valence-corrected chi connectivity index (χ4v) is 4.25. The lowest BCUT2D eigenvalue weighted by atomic mass is 9.70. The van der Waals surface area contributed by atoms with Crippen LogP contribution in [0.15, 0.2) is 30.3 Å². The highest BCUT2D eigenvalue weighted by atomic mass is 15.2. The molecule has 1 saturated carbocycles. The Hall–Kier alpha value is -0.860. The number of nitrogens with two attached hydrogens (primary N) is 1. The zero-order valence-corrected chi connectivity index (χ0v) is 13.4. The van der Waals surface area contributed by atoms with Crippen molar-refractivity contribution in [1.82, 2.24) is 4.90 Å². The lowest BCUT2D eigenvalue weighted by molar-refractivity contribution is 0.107. The Labute approximate surface area is 129 Å². The van der Waals surface area contributed by atoms with Crippen molar-refractivity contribution in [1.29, 1.82) is 0 Å². The van der Waals surface area contributed by atoms with Gasteiger partial charge in [-0.25, -0.2) is 0 Å². The van der Waals surface area contributed by atoms with Crippen LogP contribution in [0.2, 0.25) is 0 Å². The Balaban J connectivity index is 1.59. The summed E-state index contributed by atoms with van der Waals surface area (Å²) in [5, 5.41) is 0. The lowest BCUT2D eigenvalue weighted by Gasteiger charge is -2.41. The summed E-state index contributed by atoms with van der Waals surface area (Å²) >= 11 is 0. The standard InChI is InChI=1S/C19H30N2/c1-16-7-10-19(14-20,11-8-16)15-21-12-9-18(13-21)17-5-3-2-4-6-17/h2-6,16,18H,7-15,20H2,1H3. The van der Waals surface area contributed by atoms with E-state index < -0.39 is 0 Å². The summed E-state index contributed by atoms with van der Waals surface area (Å²) in [5.41, 5.74) is 8.09. The Morgan fingerprint density at radius 2 is 1.86 bits per heavy atom. The summed E-state index contributed by atoms with van der Waals surface area (Å²) in [6, 6.07) is 11.0. The van der Waals surface area contributed by atoms with E-state index in [1.54, 1.807) is 0 Å². The molecule has 1 saturated heterocycles. The van der Waals surface area contributed by atoms with Gasteiger partial charge in [-0.1, -0.05) is 50.1 Å². The highest BCUT2D eigenvalue weighted by Crippen LogP contribution is 2.40. The molecule has 0 bridgehead atoms. The van der Waals surface area contributed by atoms with Gasteiger partial charge >= 0.3 is 0 Å². The molecule has 3 rings (SSSR count). The molecule has 21 heavy (non-hydrogen) atoms. The molecule has 2 nitrogen and oxygen atoms in total. The van der Waals surface area contributed by atoms with E-state index in [9.17, 15) is 0 Å². The van der Waals surface area contributed by atoms with Gasteiger partial charge in [0.2, 0.25) is 0 Å². The summed E-state index contributed by atoms with van der Waals surface area (Å²) in [7, 11) is 0. The highest BCUT2D eigenvalue weighted by molar-refractivity contribution is 5.21. The number of likely N-dealkylation sites (tertiary alicyclic amines) is 1. The molecule has 116 valence electrons. The zero-order valence-electron chi connectivity index (χ0n) is 13.4. The molecule has 2 aliphatic rings. The maximum atomic E-state index is 6.18. The van der Waals surface area contributed by atoms with E-state index in [0.29, 0.717) is 5.41 Å². The summed E-state index contributed by atoms with van der Waals surface area (Å²) in [6.45, 7) is 6.95. The van der Waals surface area contributed by atoms with Gasteiger partial charge in [-0.3, -0.25) is 0 Å². The molecule has 0 aromatic heterocycles. The van der Waals surface area contributed by atoms with Crippen molar-refractivity contribution in [2.24, 2.45) is 17.1 Å². The van der Waals surface area contributed by atoms with E-state index >= 15 is 0 Å². The van der Waals surface area contributed by atoms with Gasteiger partial charge in [-0.05, 0) is 55.2 Å². The quantitative estimate of drug-likeness (QED) is 0.916. The number of benzene rings is 1. The second-order valence-corrected chi connectivity index (χ2v) is 7.52. The van der Waals surface area contributed by atoms with E-state index in [1.165, 1.54) is 57.3 Å². The Morgan fingerprint density at radius 1 is 1.14 bits per heavy atom. The van der Waals surface area contributed by atoms with E-state index in [1.807, 2.05) is 0 Å². The van der Waals surface area contributed by atoms with Crippen LogP contribution < -0.4 is 5.73 Å². The van der Waals surface area contributed by atoms with Gasteiger partial charge in [0.15, 0.2) is 0 Å². The number of hydrogen-bond donors (Lipinski definition) is 1. The first-order valence-corrected chi connectivity index (χ1v) is 8.68. The second kappa shape index (κ2) is 6.50. The van der Waals surface area contributed by atoms with Gasteiger partial charge < -0.3 is 10.6 Å². The summed E-state index contributed by atoms with van der Waals surface area (Å²) in [6.07, 6.45) is 6.70. The third-order valence-corrected chi connectivity index (χ3v) is 5.87. The second-order valence-electron chi connectivity index (χ2n) is 7.52. The first-order valence-electron chi connectivity index (χ1n) is 8.68. The van der Waals surface area contributed by atoms with Gasteiger partial charge in [0.25, 0.3) is 0 Å². The van der Waals surface area contributed by atoms with Crippen LogP contribution in [0.1, 0.15) is 50.5 Å². The topological polar surface area (TPSA) is 29.3 Å². The average molecular weight is 286 g/mol. The van der Waals surface area contributed by atoms with Gasteiger partial charge in [0, 0.05) is 13.1 Å². The average Bonchev–Trinajstić information content (AvgIpc) is 2.99. The number of nitrogens with zero attached hydrogens (tertiary/aromatic N) is 1. The molecule has 1 aromatic rings. The van der Waals surface area contributed by atoms with Crippen LogP contribution in [-0.2, 0) is 0 Å². The molecule has 1 atom stereocenters. The minimum atomic E-state index is 0.401. The van der Waals surface area contributed by atoms with Crippen molar-refractivity contribution in [3.63, 3.8) is 0 Å². The van der Waals surface area contributed by atoms with Crippen molar-refractivity contribution >= 4 is 0 Å². The predicted molar refractivity (Wildman–Crippen MR) is 89.4 cm³/mol. The van der Waals surface area contributed by atoms with E-state index in [2.05, 4.69) is 42.2 Å². The SMILES string of the molecule is CC1CCC(CN)(CN2CCC(c3ccccc3)C2)CC1. The molecule has 1 aromatic carbocycles. The van der Waals surface area contributed by atoms with Crippen molar-refractivity contribution in [2.75, 3.05) is 26.2 Å². The van der Waals surface area contributed by atoms with Gasteiger partial charge in [-0.2, -0.15) is 0 Å². The molecule has 1 unspecified atom stereocenters. The van der Waals surface area contributed by atoms with Crippen LogP contribution in [0, 0.1) is 11.3 Å². The minimum Gasteiger partial charge on any atom is -0.330 e. The first kappa shape index (κ1) is 15.1. The maximum absolute atomic E-state index is 6.18. The Kier molecular flexibility index (Phi) is 4.66. The zero-order chi connectivity index (χ0) is 14.7. The van der Waals surface area contributed by atoms with Gasteiger partial charge in [0.05, 0.1) is 0 Å².